The molecule has 0 amide bonds. The summed E-state index contributed by atoms with van der Waals surface area (Å²) in [5.74, 6) is -0.407. The molecule has 0 saturated carbocycles. The van der Waals surface area contributed by atoms with Gasteiger partial charge in [-0.25, -0.2) is 4.79 Å². The Morgan fingerprint density at radius 3 is 2.88 bits per heavy atom. The highest BCUT2D eigenvalue weighted by atomic mass is 32.1. The summed E-state index contributed by atoms with van der Waals surface area (Å²) in [6.07, 6.45) is 0.876. The number of thiophene rings is 1. The second-order valence-electron chi connectivity index (χ2n) is 5.32. The second kappa shape index (κ2) is 6.70. The molecule has 0 unspecified atom stereocenters. The number of benzene rings is 1. The Hall–Kier alpha value is -2.25. The number of esters is 1. The topological polar surface area (TPSA) is 64.1 Å². The maximum atomic E-state index is 12.7. The van der Waals surface area contributed by atoms with E-state index in [1.54, 1.807) is 29.5 Å². The number of hydrogen-bond acceptors (Lipinski definition) is 5. The van der Waals surface area contributed by atoms with Gasteiger partial charge in [-0.15, -0.1) is 11.3 Å². The Morgan fingerprint density at radius 2 is 2.17 bits per heavy atom. The normalized spacial score (nSPS) is 10.9. The summed E-state index contributed by atoms with van der Waals surface area (Å²) in [5, 5.41) is 0.648. The molecule has 2 aromatic heterocycles. The first-order valence-electron chi connectivity index (χ1n) is 7.46. The molecule has 3 aromatic rings. The average Bonchev–Trinajstić information content (AvgIpc) is 3.01. The largest absolute Gasteiger partial charge is 0.465 e. The minimum atomic E-state index is -0.407. The van der Waals surface area contributed by atoms with Crippen molar-refractivity contribution in [2.45, 2.75) is 19.9 Å². The smallest absolute Gasteiger partial charge is 0.337 e. The molecule has 0 bridgehead atoms. The van der Waals surface area contributed by atoms with Crippen LogP contribution in [0.3, 0.4) is 0 Å². The highest BCUT2D eigenvalue weighted by Crippen LogP contribution is 2.21. The number of ether oxygens (including phenoxy) is 1. The lowest BCUT2D eigenvalue weighted by Gasteiger charge is -2.08. The molecular formula is C17H16N2O3S2. The van der Waals surface area contributed by atoms with Gasteiger partial charge in [-0.1, -0.05) is 19.1 Å². The summed E-state index contributed by atoms with van der Waals surface area (Å²) in [5.41, 5.74) is 1.14. The molecule has 7 heteroatoms. The molecule has 3 rings (SSSR count). The molecule has 5 nitrogen and oxygen atoms in total. The number of nitrogens with one attached hydrogen (secondary N) is 1. The molecule has 0 spiro atoms. The van der Waals surface area contributed by atoms with Crippen LogP contribution < -0.4 is 5.56 Å². The van der Waals surface area contributed by atoms with Gasteiger partial charge in [0.05, 0.1) is 24.6 Å². The maximum Gasteiger partial charge on any atom is 0.337 e. The van der Waals surface area contributed by atoms with Gasteiger partial charge in [0.1, 0.15) is 4.83 Å². The van der Waals surface area contributed by atoms with E-state index in [2.05, 4.69) is 11.9 Å². The van der Waals surface area contributed by atoms with Gasteiger partial charge in [-0.3, -0.25) is 9.36 Å². The van der Waals surface area contributed by atoms with Gasteiger partial charge in [0.15, 0.2) is 4.77 Å². The molecule has 2 heterocycles. The first-order chi connectivity index (χ1) is 11.5. The number of fused-ring (bicyclic) bond motifs is 1. The van der Waals surface area contributed by atoms with Crippen LogP contribution in [0.4, 0.5) is 0 Å². The van der Waals surface area contributed by atoms with E-state index < -0.39 is 5.97 Å². The monoisotopic (exact) mass is 360 g/mol. The third-order valence-electron chi connectivity index (χ3n) is 3.76. The van der Waals surface area contributed by atoms with Crippen LogP contribution in [0.1, 0.15) is 27.7 Å². The molecule has 0 atom stereocenters. The highest BCUT2D eigenvalue weighted by molar-refractivity contribution is 7.71. The Bertz CT molecular complexity index is 1030. The van der Waals surface area contributed by atoms with E-state index in [1.807, 2.05) is 12.1 Å². The molecule has 124 valence electrons. The van der Waals surface area contributed by atoms with E-state index in [9.17, 15) is 9.59 Å². The highest BCUT2D eigenvalue weighted by Gasteiger charge is 2.11. The molecular weight excluding hydrogens is 344 g/mol. The van der Waals surface area contributed by atoms with Crippen molar-refractivity contribution < 1.29 is 9.53 Å². The van der Waals surface area contributed by atoms with Crippen molar-refractivity contribution >= 4 is 39.7 Å². The Balaban J connectivity index is 2.06. The standard InChI is InChI=1S/C17H16N2O3S2/c1-3-12-8-13-14(24-12)18-17(23)19(15(13)20)9-10-5-4-6-11(7-10)16(21)22-2/h4-8H,3,9H2,1-2H3,(H,18,23). The second-order valence-corrected chi connectivity index (χ2v) is 6.85. The predicted octanol–water partition coefficient (Wildman–Crippen LogP) is 3.52. The van der Waals surface area contributed by atoms with Crippen molar-refractivity contribution in [1.82, 2.24) is 9.55 Å². The Labute approximate surface area is 147 Å². The van der Waals surface area contributed by atoms with Crippen LogP contribution in [0.2, 0.25) is 0 Å². The molecule has 0 radical (unpaired) electrons. The molecule has 0 fully saturated rings. The third kappa shape index (κ3) is 3.05. The maximum absolute atomic E-state index is 12.7. The molecule has 1 N–H and O–H groups in total. The number of carbonyl (C=O) groups is 1. The Kier molecular flexibility index (Phi) is 4.64. The number of aryl methyl sites for hydroxylation is 1. The van der Waals surface area contributed by atoms with Crippen molar-refractivity contribution in [3.05, 3.63) is 61.5 Å². The van der Waals surface area contributed by atoms with Crippen LogP contribution in [-0.2, 0) is 17.7 Å². The van der Waals surface area contributed by atoms with E-state index in [4.69, 9.17) is 17.0 Å². The van der Waals surface area contributed by atoms with Crippen LogP contribution in [0.15, 0.2) is 35.1 Å². The van der Waals surface area contributed by atoms with Gasteiger partial charge in [-0.05, 0) is 42.4 Å². The van der Waals surface area contributed by atoms with Crippen molar-refractivity contribution in [1.29, 1.82) is 0 Å². The average molecular weight is 360 g/mol. The zero-order valence-electron chi connectivity index (χ0n) is 13.3. The Morgan fingerprint density at radius 1 is 1.38 bits per heavy atom. The molecule has 0 aliphatic heterocycles. The van der Waals surface area contributed by atoms with E-state index in [-0.39, 0.29) is 5.56 Å². The van der Waals surface area contributed by atoms with Gasteiger partial charge in [0, 0.05) is 4.88 Å². The molecule has 0 aliphatic carbocycles. The van der Waals surface area contributed by atoms with E-state index in [1.165, 1.54) is 11.7 Å². The number of aromatic amines is 1. The van der Waals surface area contributed by atoms with Gasteiger partial charge in [0.2, 0.25) is 0 Å². The summed E-state index contributed by atoms with van der Waals surface area (Å²) >= 11 is 6.89. The first-order valence-corrected chi connectivity index (χ1v) is 8.68. The van der Waals surface area contributed by atoms with Gasteiger partial charge in [0.25, 0.3) is 5.56 Å². The number of rotatable bonds is 4. The summed E-state index contributed by atoms with van der Waals surface area (Å²) in [4.78, 5) is 29.5. The summed E-state index contributed by atoms with van der Waals surface area (Å²) in [7, 11) is 1.34. The van der Waals surface area contributed by atoms with Crippen LogP contribution in [0, 0.1) is 4.77 Å². The van der Waals surface area contributed by atoms with Gasteiger partial charge >= 0.3 is 5.97 Å². The SMILES string of the molecule is CCc1cc2c(=O)n(Cc3cccc(C(=O)OC)c3)c(=S)[nH]c2s1. The quantitative estimate of drug-likeness (QED) is 0.571. The third-order valence-corrected chi connectivity index (χ3v) is 5.28. The molecule has 0 saturated heterocycles. The minimum absolute atomic E-state index is 0.117. The predicted molar refractivity (Wildman–Crippen MR) is 97.5 cm³/mol. The summed E-state index contributed by atoms with van der Waals surface area (Å²) in [6, 6.07) is 8.91. The van der Waals surface area contributed by atoms with Crippen molar-refractivity contribution in [3.8, 4) is 0 Å². The van der Waals surface area contributed by atoms with Gasteiger partial charge in [-0.2, -0.15) is 0 Å². The number of hydrogen-bond donors (Lipinski definition) is 1. The molecule has 0 aliphatic rings. The van der Waals surface area contributed by atoms with Crippen molar-refractivity contribution in [2.24, 2.45) is 0 Å². The van der Waals surface area contributed by atoms with Crippen LogP contribution in [-0.4, -0.2) is 22.6 Å². The van der Waals surface area contributed by atoms with Gasteiger partial charge < -0.3 is 9.72 Å². The van der Waals surface area contributed by atoms with Crippen molar-refractivity contribution in [3.63, 3.8) is 0 Å². The van der Waals surface area contributed by atoms with E-state index in [0.29, 0.717) is 22.3 Å². The first kappa shape index (κ1) is 16.6. The number of methoxy groups -OCH3 is 1. The molecule has 1 aromatic carbocycles. The fourth-order valence-electron chi connectivity index (χ4n) is 2.51. The summed E-state index contributed by atoms with van der Waals surface area (Å²) < 4.78 is 6.62. The van der Waals surface area contributed by atoms with E-state index >= 15 is 0 Å². The lowest BCUT2D eigenvalue weighted by molar-refractivity contribution is 0.0600. The molecule has 24 heavy (non-hydrogen) atoms. The van der Waals surface area contributed by atoms with Crippen LogP contribution in [0.25, 0.3) is 10.2 Å². The number of carbonyl (C=O) groups excluding carboxylic acids is 1. The number of H-pyrrole nitrogens is 1. The lowest BCUT2D eigenvalue weighted by atomic mass is 10.1. The van der Waals surface area contributed by atoms with Crippen LogP contribution >= 0.6 is 23.6 Å². The van der Waals surface area contributed by atoms with E-state index in [0.717, 1.165) is 21.7 Å². The number of aromatic nitrogens is 2. The van der Waals surface area contributed by atoms with Crippen LogP contribution in [0.5, 0.6) is 0 Å². The minimum Gasteiger partial charge on any atom is -0.465 e. The zero-order chi connectivity index (χ0) is 17.3. The fraction of sp³-hybridized carbons (Fsp3) is 0.235. The summed E-state index contributed by atoms with van der Waals surface area (Å²) in [6.45, 7) is 2.35. The zero-order valence-corrected chi connectivity index (χ0v) is 14.9. The lowest BCUT2D eigenvalue weighted by Crippen LogP contribution is -2.22. The fourth-order valence-corrected chi connectivity index (χ4v) is 3.81. The number of nitrogens with zero attached hydrogens (tertiary/aromatic N) is 1. The van der Waals surface area contributed by atoms with Crippen molar-refractivity contribution in [2.75, 3.05) is 7.11 Å².